The van der Waals surface area contributed by atoms with Crippen molar-refractivity contribution in [3.8, 4) is 0 Å². The van der Waals surface area contributed by atoms with Crippen molar-refractivity contribution in [2.45, 2.75) is 18.8 Å². The number of hydrazine groups is 1. The zero-order chi connectivity index (χ0) is 25.5. The maximum Gasteiger partial charge on any atom is 0.289 e. The molecule has 1 fully saturated rings. The van der Waals surface area contributed by atoms with Crippen LogP contribution in [0.5, 0.6) is 0 Å². The van der Waals surface area contributed by atoms with Crippen LogP contribution in [0.4, 0.5) is 0 Å². The fourth-order valence-electron chi connectivity index (χ4n) is 4.02. The molecule has 2 aliphatic heterocycles. The summed E-state index contributed by atoms with van der Waals surface area (Å²) in [5, 5.41) is 3.13. The molecule has 0 saturated carbocycles. The van der Waals surface area contributed by atoms with Crippen LogP contribution >= 0.6 is 11.3 Å². The van der Waals surface area contributed by atoms with Crippen LogP contribution in [0.1, 0.15) is 55.0 Å². The minimum atomic E-state index is -0.622. The third-order valence-corrected chi connectivity index (χ3v) is 7.00. The Kier molecular flexibility index (Phi) is 8.75. The molecule has 3 heterocycles. The van der Waals surface area contributed by atoms with Gasteiger partial charge in [0, 0.05) is 31.5 Å². The van der Waals surface area contributed by atoms with Gasteiger partial charge in [0.25, 0.3) is 17.7 Å². The fourth-order valence-corrected chi connectivity index (χ4v) is 4.99. The molecule has 0 aliphatic carbocycles. The van der Waals surface area contributed by atoms with E-state index in [1.54, 1.807) is 41.7 Å². The lowest BCUT2D eigenvalue weighted by Gasteiger charge is -2.31. The Bertz CT molecular complexity index is 1080. The number of aromatic nitrogens is 1. The first-order valence-corrected chi connectivity index (χ1v) is 12.5. The lowest BCUT2D eigenvalue weighted by atomic mass is 9.97. The van der Waals surface area contributed by atoms with Crippen LogP contribution in [-0.4, -0.2) is 91.8 Å². The molecule has 0 bridgehead atoms. The van der Waals surface area contributed by atoms with E-state index < -0.39 is 17.7 Å². The molecule has 12 heteroatoms. The predicted octanol–water partition coefficient (Wildman–Crippen LogP) is 1.47. The second-order valence-corrected chi connectivity index (χ2v) is 9.21. The highest BCUT2D eigenvalue weighted by molar-refractivity contribution is 7.09. The van der Waals surface area contributed by atoms with E-state index in [0.717, 1.165) is 22.9 Å². The van der Waals surface area contributed by atoms with Gasteiger partial charge in [-0.25, -0.2) is 4.98 Å². The molecule has 4 amide bonds. The first kappa shape index (κ1) is 25.9. The molecule has 0 unspecified atom stereocenters. The van der Waals surface area contributed by atoms with Gasteiger partial charge in [0.2, 0.25) is 5.91 Å². The molecule has 1 aromatic heterocycles. The number of nitrogens with one attached hydrogen (secondary N) is 1. The van der Waals surface area contributed by atoms with Gasteiger partial charge in [0.15, 0.2) is 0 Å². The van der Waals surface area contributed by atoms with Crippen molar-refractivity contribution in [2.75, 3.05) is 53.2 Å². The van der Waals surface area contributed by atoms with Gasteiger partial charge in [-0.2, -0.15) is 5.01 Å². The fraction of sp³-hybridized carbons (Fsp3) is 0.458. The minimum absolute atomic E-state index is 0.0116. The van der Waals surface area contributed by atoms with E-state index in [1.807, 2.05) is 0 Å². The molecule has 0 spiro atoms. The Labute approximate surface area is 212 Å². The number of amides is 4. The molecule has 2 aliphatic rings. The number of hydrogen-bond donors (Lipinski definition) is 1. The Morgan fingerprint density at radius 2 is 1.67 bits per heavy atom. The summed E-state index contributed by atoms with van der Waals surface area (Å²) in [6.45, 7) is 2.93. The highest BCUT2D eigenvalue weighted by atomic mass is 32.1. The van der Waals surface area contributed by atoms with Gasteiger partial charge in [-0.3, -0.25) is 24.6 Å². The van der Waals surface area contributed by atoms with Gasteiger partial charge in [0.1, 0.15) is 12.3 Å². The van der Waals surface area contributed by atoms with E-state index in [1.165, 1.54) is 11.3 Å². The maximum atomic E-state index is 12.7. The molecule has 2 aromatic rings. The van der Waals surface area contributed by atoms with Crippen LogP contribution < -0.4 is 5.43 Å². The van der Waals surface area contributed by atoms with Crippen LogP contribution in [0.25, 0.3) is 0 Å². The molecule has 1 aromatic carbocycles. The Hall–Kier alpha value is -3.19. The van der Waals surface area contributed by atoms with Gasteiger partial charge >= 0.3 is 0 Å². The number of carbonyl (C=O) groups is 4. The molecular weight excluding hydrogens is 488 g/mol. The zero-order valence-electron chi connectivity index (χ0n) is 19.9. The Morgan fingerprint density at radius 3 is 2.33 bits per heavy atom. The summed E-state index contributed by atoms with van der Waals surface area (Å²) in [5.41, 5.74) is 3.03. The van der Waals surface area contributed by atoms with Crippen molar-refractivity contribution >= 4 is 35.0 Å². The summed E-state index contributed by atoms with van der Waals surface area (Å²) in [5.74, 6) is -1.71. The van der Waals surface area contributed by atoms with Gasteiger partial charge in [0.05, 0.1) is 42.6 Å². The molecule has 0 atom stereocenters. The largest absolute Gasteiger partial charge is 0.382 e. The monoisotopic (exact) mass is 516 g/mol. The number of carbonyl (C=O) groups excluding carboxylic acids is 4. The minimum Gasteiger partial charge on any atom is -0.382 e. The number of hydrogen-bond acceptors (Lipinski definition) is 9. The molecule has 36 heavy (non-hydrogen) atoms. The summed E-state index contributed by atoms with van der Waals surface area (Å²) >= 11 is 1.35. The van der Waals surface area contributed by atoms with Crippen molar-refractivity contribution in [1.82, 2.24) is 20.3 Å². The number of fused-ring (bicyclic) bond motifs is 1. The van der Waals surface area contributed by atoms with E-state index >= 15 is 0 Å². The second-order valence-electron chi connectivity index (χ2n) is 8.32. The van der Waals surface area contributed by atoms with E-state index in [9.17, 15) is 19.2 Å². The lowest BCUT2D eigenvalue weighted by molar-refractivity contribution is -0.137. The van der Waals surface area contributed by atoms with Crippen LogP contribution in [0.2, 0.25) is 0 Å². The molecule has 0 radical (unpaired) electrons. The lowest BCUT2D eigenvalue weighted by Crippen LogP contribution is -2.46. The topological polar surface area (TPSA) is 127 Å². The first-order chi connectivity index (χ1) is 17.5. The maximum absolute atomic E-state index is 12.7. The summed E-state index contributed by atoms with van der Waals surface area (Å²) in [4.78, 5) is 56.2. The zero-order valence-corrected chi connectivity index (χ0v) is 20.8. The van der Waals surface area contributed by atoms with Crippen molar-refractivity contribution in [3.05, 3.63) is 51.5 Å². The Morgan fingerprint density at radius 1 is 1.03 bits per heavy atom. The first-order valence-electron chi connectivity index (χ1n) is 11.7. The average molecular weight is 517 g/mol. The number of imide groups is 1. The number of piperidine rings is 1. The molecule has 1 N–H and O–H groups in total. The summed E-state index contributed by atoms with van der Waals surface area (Å²) < 4.78 is 15.6. The highest BCUT2D eigenvalue weighted by Crippen LogP contribution is 2.30. The average Bonchev–Trinajstić information content (AvgIpc) is 3.49. The number of thiazole rings is 1. The van der Waals surface area contributed by atoms with Crippen LogP contribution in [0, 0.1) is 0 Å². The van der Waals surface area contributed by atoms with Crippen LogP contribution in [0.3, 0.4) is 0 Å². The second kappa shape index (κ2) is 12.2. The number of benzene rings is 1. The van der Waals surface area contributed by atoms with Gasteiger partial charge < -0.3 is 19.1 Å². The summed E-state index contributed by atoms with van der Waals surface area (Å²) in [6.07, 6.45) is 1.44. The highest BCUT2D eigenvalue weighted by Gasteiger charge is 2.37. The normalized spacial score (nSPS) is 15.9. The third-order valence-electron chi connectivity index (χ3n) is 5.99. The standard InChI is InChI=1S/C24H28N4O7S/c1-33-10-11-34-12-13-35-14-20(29)27-8-6-16(7-9-27)22-25-19(15-36-22)21(30)26-28-23(31)17-4-2-3-5-18(17)24(28)32/h2-5,15-16H,6-14H2,1H3,(H,26,30). The number of methoxy groups -OCH3 is 1. The van der Waals surface area contributed by atoms with Gasteiger partial charge in [-0.05, 0) is 25.0 Å². The third kappa shape index (κ3) is 5.95. The summed E-state index contributed by atoms with van der Waals surface area (Å²) in [6, 6.07) is 6.42. The predicted molar refractivity (Wildman–Crippen MR) is 129 cm³/mol. The van der Waals surface area contributed by atoms with E-state index in [2.05, 4.69) is 10.4 Å². The van der Waals surface area contributed by atoms with Crippen LogP contribution in [0.15, 0.2) is 29.6 Å². The number of nitrogens with zero attached hydrogens (tertiary/aromatic N) is 3. The summed E-state index contributed by atoms with van der Waals surface area (Å²) in [7, 11) is 1.60. The smallest absolute Gasteiger partial charge is 0.289 e. The SMILES string of the molecule is COCCOCCOCC(=O)N1CCC(c2nc(C(=O)NN3C(=O)c4ccccc4C3=O)cs2)CC1. The van der Waals surface area contributed by atoms with Crippen molar-refractivity contribution in [1.29, 1.82) is 0 Å². The molecule has 1 saturated heterocycles. The van der Waals surface area contributed by atoms with Crippen molar-refractivity contribution < 1.29 is 33.4 Å². The molecule has 11 nitrogen and oxygen atoms in total. The van der Waals surface area contributed by atoms with Gasteiger partial charge in [-0.15, -0.1) is 11.3 Å². The Balaban J connectivity index is 1.22. The number of likely N-dealkylation sites (tertiary alicyclic amines) is 1. The molecule has 192 valence electrons. The molecular formula is C24H28N4O7S. The molecule has 4 rings (SSSR count). The van der Waals surface area contributed by atoms with Crippen molar-refractivity contribution in [2.24, 2.45) is 0 Å². The van der Waals surface area contributed by atoms with Gasteiger partial charge in [-0.1, -0.05) is 12.1 Å². The number of rotatable bonds is 11. The quantitative estimate of drug-likeness (QED) is 0.351. The van der Waals surface area contributed by atoms with Crippen LogP contribution in [-0.2, 0) is 19.0 Å². The van der Waals surface area contributed by atoms with E-state index in [4.69, 9.17) is 14.2 Å². The van der Waals surface area contributed by atoms with E-state index in [0.29, 0.717) is 39.5 Å². The van der Waals surface area contributed by atoms with E-state index in [-0.39, 0.29) is 35.3 Å². The number of ether oxygens (including phenoxy) is 3. The van der Waals surface area contributed by atoms with Crippen molar-refractivity contribution in [3.63, 3.8) is 0 Å².